The van der Waals surface area contributed by atoms with E-state index in [0.29, 0.717) is 11.3 Å². The van der Waals surface area contributed by atoms with E-state index in [9.17, 15) is 9.59 Å². The Kier molecular flexibility index (Phi) is 4.31. The summed E-state index contributed by atoms with van der Waals surface area (Å²) in [5, 5.41) is 9.06. The van der Waals surface area contributed by atoms with Crippen molar-refractivity contribution < 1.29 is 9.59 Å². The van der Waals surface area contributed by atoms with Crippen LogP contribution in [0.1, 0.15) is 17.3 Å². The Balaban J connectivity index is 2.19. The average molecular weight is 294 g/mol. The van der Waals surface area contributed by atoms with Crippen LogP contribution in [0.5, 0.6) is 0 Å². The van der Waals surface area contributed by atoms with Gasteiger partial charge in [0.2, 0.25) is 5.91 Å². The van der Waals surface area contributed by atoms with E-state index in [-0.39, 0.29) is 5.91 Å². The standard InChI is InChI=1S/C12H12ClN5O2/c1-8(13)11(19)16-10-5-3-2-4-9(10)12(20)17-18-6-14-15-7-18/h2-8H,1H3,(H,16,19)(H,17,20)/t8-/m0/s1. The van der Waals surface area contributed by atoms with Crippen LogP contribution in [0.2, 0.25) is 0 Å². The molecule has 2 aromatic rings. The third-order valence-electron chi connectivity index (χ3n) is 2.44. The first kappa shape index (κ1) is 14.0. The highest BCUT2D eigenvalue weighted by Gasteiger charge is 2.15. The molecule has 1 aromatic carbocycles. The van der Waals surface area contributed by atoms with E-state index in [2.05, 4.69) is 20.9 Å². The molecule has 7 nitrogen and oxygen atoms in total. The van der Waals surface area contributed by atoms with Crippen molar-refractivity contribution in [3.8, 4) is 0 Å². The summed E-state index contributed by atoms with van der Waals surface area (Å²) in [6.07, 6.45) is 2.69. The number of alkyl halides is 1. The second-order valence-electron chi connectivity index (χ2n) is 3.96. The van der Waals surface area contributed by atoms with Crippen molar-refractivity contribution in [2.24, 2.45) is 0 Å². The van der Waals surface area contributed by atoms with Gasteiger partial charge in [-0.1, -0.05) is 12.1 Å². The summed E-state index contributed by atoms with van der Waals surface area (Å²) < 4.78 is 1.31. The van der Waals surface area contributed by atoms with Crippen LogP contribution in [-0.2, 0) is 4.79 Å². The summed E-state index contributed by atoms with van der Waals surface area (Å²) in [6, 6.07) is 6.62. The van der Waals surface area contributed by atoms with E-state index in [1.807, 2.05) is 0 Å². The van der Waals surface area contributed by atoms with Crippen LogP contribution in [0.15, 0.2) is 36.9 Å². The Hall–Kier alpha value is -2.41. The number of para-hydroxylation sites is 1. The predicted molar refractivity (Wildman–Crippen MR) is 74.1 cm³/mol. The van der Waals surface area contributed by atoms with Crippen molar-refractivity contribution in [1.82, 2.24) is 14.9 Å². The van der Waals surface area contributed by atoms with E-state index in [0.717, 1.165) is 0 Å². The number of hydrogen-bond acceptors (Lipinski definition) is 4. The summed E-state index contributed by atoms with van der Waals surface area (Å²) in [4.78, 5) is 23.7. The minimum absolute atomic E-state index is 0.312. The van der Waals surface area contributed by atoms with Gasteiger partial charge in [0.05, 0.1) is 11.3 Å². The lowest BCUT2D eigenvalue weighted by molar-refractivity contribution is -0.115. The van der Waals surface area contributed by atoms with Gasteiger partial charge in [0.25, 0.3) is 5.91 Å². The third kappa shape index (κ3) is 3.33. The van der Waals surface area contributed by atoms with E-state index >= 15 is 0 Å². The van der Waals surface area contributed by atoms with Crippen molar-refractivity contribution in [3.05, 3.63) is 42.5 Å². The number of carbonyl (C=O) groups is 2. The zero-order chi connectivity index (χ0) is 14.5. The quantitative estimate of drug-likeness (QED) is 0.830. The molecule has 2 rings (SSSR count). The Morgan fingerprint density at radius 1 is 1.25 bits per heavy atom. The van der Waals surface area contributed by atoms with Gasteiger partial charge in [0.15, 0.2) is 0 Å². The van der Waals surface area contributed by atoms with Crippen molar-refractivity contribution in [1.29, 1.82) is 0 Å². The van der Waals surface area contributed by atoms with Crippen molar-refractivity contribution in [2.45, 2.75) is 12.3 Å². The monoisotopic (exact) mass is 293 g/mol. The minimum Gasteiger partial charge on any atom is -0.324 e. The molecular formula is C12H12ClN5O2. The first-order valence-electron chi connectivity index (χ1n) is 5.78. The smallest absolute Gasteiger partial charge is 0.272 e. The van der Waals surface area contributed by atoms with Crippen LogP contribution in [-0.4, -0.2) is 32.1 Å². The number of hydrogen-bond donors (Lipinski definition) is 2. The van der Waals surface area contributed by atoms with Gasteiger partial charge in [-0.15, -0.1) is 21.8 Å². The molecule has 1 aromatic heterocycles. The minimum atomic E-state index is -0.691. The molecular weight excluding hydrogens is 282 g/mol. The fourth-order valence-electron chi connectivity index (χ4n) is 1.46. The Labute approximate surface area is 119 Å². The molecule has 0 radical (unpaired) electrons. The van der Waals surface area contributed by atoms with E-state index < -0.39 is 11.3 Å². The maximum absolute atomic E-state index is 12.1. The highest BCUT2D eigenvalue weighted by atomic mass is 35.5. The predicted octanol–water partition coefficient (Wildman–Crippen LogP) is 1.23. The number of halogens is 1. The van der Waals surface area contributed by atoms with Crippen LogP contribution in [0.3, 0.4) is 0 Å². The van der Waals surface area contributed by atoms with Crippen LogP contribution in [0.4, 0.5) is 5.69 Å². The molecule has 1 atom stereocenters. The van der Waals surface area contributed by atoms with Gasteiger partial charge in [-0.3, -0.25) is 15.0 Å². The molecule has 20 heavy (non-hydrogen) atoms. The molecule has 0 saturated carbocycles. The summed E-state index contributed by atoms with van der Waals surface area (Å²) in [5.74, 6) is -0.779. The summed E-state index contributed by atoms with van der Waals surface area (Å²) in [5.41, 5.74) is 3.25. The maximum Gasteiger partial charge on any atom is 0.272 e. The van der Waals surface area contributed by atoms with Gasteiger partial charge < -0.3 is 5.32 Å². The zero-order valence-electron chi connectivity index (χ0n) is 10.6. The number of aromatic nitrogens is 3. The molecule has 2 amide bonds. The van der Waals surface area contributed by atoms with Crippen molar-refractivity contribution in [2.75, 3.05) is 10.7 Å². The fourth-order valence-corrected chi connectivity index (χ4v) is 1.51. The molecule has 0 spiro atoms. The molecule has 0 bridgehead atoms. The number of nitrogens with one attached hydrogen (secondary N) is 2. The Bertz CT molecular complexity index is 612. The summed E-state index contributed by atoms with van der Waals surface area (Å²) >= 11 is 5.69. The van der Waals surface area contributed by atoms with Crippen LogP contribution < -0.4 is 10.7 Å². The van der Waals surface area contributed by atoms with E-state index in [1.54, 1.807) is 31.2 Å². The van der Waals surface area contributed by atoms with Gasteiger partial charge in [0.1, 0.15) is 18.0 Å². The lowest BCUT2D eigenvalue weighted by Crippen LogP contribution is -2.25. The first-order chi connectivity index (χ1) is 9.58. The second-order valence-corrected chi connectivity index (χ2v) is 4.62. The summed E-state index contributed by atoms with van der Waals surface area (Å²) in [7, 11) is 0. The highest BCUT2D eigenvalue weighted by Crippen LogP contribution is 2.16. The molecule has 0 saturated heterocycles. The molecule has 0 aliphatic rings. The second kappa shape index (κ2) is 6.16. The van der Waals surface area contributed by atoms with E-state index in [1.165, 1.54) is 17.3 Å². The molecule has 1 heterocycles. The van der Waals surface area contributed by atoms with Crippen LogP contribution >= 0.6 is 11.6 Å². The zero-order valence-corrected chi connectivity index (χ0v) is 11.3. The number of nitrogens with zero attached hydrogens (tertiary/aromatic N) is 3. The fraction of sp³-hybridized carbons (Fsp3) is 0.167. The number of amides is 2. The maximum atomic E-state index is 12.1. The molecule has 2 N–H and O–H groups in total. The topological polar surface area (TPSA) is 88.9 Å². The average Bonchev–Trinajstić information content (AvgIpc) is 2.92. The molecule has 0 aliphatic carbocycles. The molecule has 0 unspecified atom stereocenters. The van der Waals surface area contributed by atoms with Crippen LogP contribution in [0, 0.1) is 0 Å². The van der Waals surface area contributed by atoms with Crippen molar-refractivity contribution in [3.63, 3.8) is 0 Å². The molecule has 0 fully saturated rings. The Morgan fingerprint density at radius 2 is 1.90 bits per heavy atom. The lowest BCUT2D eigenvalue weighted by atomic mass is 10.1. The van der Waals surface area contributed by atoms with Crippen LogP contribution in [0.25, 0.3) is 0 Å². The summed E-state index contributed by atoms with van der Waals surface area (Å²) in [6.45, 7) is 1.55. The van der Waals surface area contributed by atoms with Crippen molar-refractivity contribution >= 4 is 29.1 Å². The molecule has 104 valence electrons. The number of benzene rings is 1. The largest absolute Gasteiger partial charge is 0.324 e. The van der Waals surface area contributed by atoms with E-state index in [4.69, 9.17) is 11.6 Å². The first-order valence-corrected chi connectivity index (χ1v) is 6.21. The molecule has 0 aliphatic heterocycles. The van der Waals surface area contributed by atoms with Gasteiger partial charge in [0, 0.05) is 0 Å². The highest BCUT2D eigenvalue weighted by molar-refractivity contribution is 6.32. The van der Waals surface area contributed by atoms with Gasteiger partial charge >= 0.3 is 0 Å². The SMILES string of the molecule is C[C@H](Cl)C(=O)Nc1ccccc1C(=O)Nn1cnnc1. The normalized spacial score (nSPS) is 11.7. The number of rotatable bonds is 4. The third-order valence-corrected chi connectivity index (χ3v) is 2.64. The lowest BCUT2D eigenvalue weighted by Gasteiger charge is -2.12. The molecule has 8 heteroatoms. The number of anilines is 1. The van der Waals surface area contributed by atoms with Gasteiger partial charge in [-0.2, -0.15) is 0 Å². The van der Waals surface area contributed by atoms with Gasteiger partial charge in [-0.25, -0.2) is 4.68 Å². The van der Waals surface area contributed by atoms with Gasteiger partial charge in [-0.05, 0) is 19.1 Å². The Morgan fingerprint density at radius 3 is 2.55 bits per heavy atom. The number of carbonyl (C=O) groups excluding carboxylic acids is 2.